The Labute approximate surface area is 136 Å². The fourth-order valence-electron chi connectivity index (χ4n) is 3.84. The molecule has 3 heterocycles. The largest absolute Gasteiger partial charge is 0.355 e. The molecule has 0 radical (unpaired) electrons. The van der Waals surface area contributed by atoms with Crippen molar-refractivity contribution in [2.45, 2.75) is 19.8 Å². The van der Waals surface area contributed by atoms with Gasteiger partial charge in [0.25, 0.3) is 0 Å². The first-order chi connectivity index (χ1) is 11.2. The smallest absolute Gasteiger partial charge is 0.227 e. The van der Waals surface area contributed by atoms with Gasteiger partial charge in [-0.25, -0.2) is 4.98 Å². The number of amides is 1. The lowest BCUT2D eigenvalue weighted by molar-refractivity contribution is -0.117. The normalized spacial score (nSPS) is 24.0. The Kier molecular flexibility index (Phi) is 3.29. The van der Waals surface area contributed by atoms with Crippen LogP contribution < -0.4 is 9.80 Å². The number of rotatable bonds is 2. The van der Waals surface area contributed by atoms with Crippen LogP contribution in [0.3, 0.4) is 0 Å². The van der Waals surface area contributed by atoms with Gasteiger partial charge in [-0.2, -0.15) is 0 Å². The molecule has 1 aromatic heterocycles. The van der Waals surface area contributed by atoms with Gasteiger partial charge in [0.2, 0.25) is 5.91 Å². The van der Waals surface area contributed by atoms with E-state index in [0.29, 0.717) is 6.42 Å². The van der Waals surface area contributed by atoms with Crippen LogP contribution in [0.1, 0.15) is 18.4 Å². The highest BCUT2D eigenvalue weighted by Crippen LogP contribution is 2.43. The summed E-state index contributed by atoms with van der Waals surface area (Å²) >= 11 is 0. The summed E-state index contributed by atoms with van der Waals surface area (Å²) in [6, 6.07) is 8.12. The van der Waals surface area contributed by atoms with Crippen molar-refractivity contribution in [1.29, 1.82) is 0 Å². The molecule has 2 saturated heterocycles. The van der Waals surface area contributed by atoms with Crippen molar-refractivity contribution >= 4 is 17.4 Å². The number of benzene rings is 1. The van der Waals surface area contributed by atoms with Gasteiger partial charge in [-0.15, -0.1) is 0 Å². The van der Waals surface area contributed by atoms with Gasteiger partial charge in [-0.05, 0) is 25.0 Å². The molecule has 118 valence electrons. The quantitative estimate of drug-likeness (QED) is 0.855. The van der Waals surface area contributed by atoms with Crippen LogP contribution in [0.5, 0.6) is 0 Å². The van der Waals surface area contributed by atoms with Crippen LogP contribution in [0.15, 0.2) is 42.9 Å². The number of anilines is 2. The lowest BCUT2D eigenvalue weighted by Crippen LogP contribution is -2.31. The SMILES string of the molecule is Cc1ccccc1N1C[C@@]2(CCN(c3cnccn3)C2)CC1=O. The minimum atomic E-state index is 0.0386. The van der Waals surface area contributed by atoms with E-state index in [1.165, 1.54) is 0 Å². The molecule has 1 amide bonds. The first-order valence-electron chi connectivity index (χ1n) is 8.04. The predicted molar refractivity (Wildman–Crippen MR) is 89.4 cm³/mol. The Hall–Kier alpha value is -2.43. The highest BCUT2D eigenvalue weighted by molar-refractivity contribution is 5.97. The van der Waals surface area contributed by atoms with Crippen molar-refractivity contribution in [3.8, 4) is 0 Å². The number of aryl methyl sites for hydroxylation is 1. The van der Waals surface area contributed by atoms with E-state index in [0.717, 1.165) is 43.1 Å². The number of carbonyl (C=O) groups excluding carboxylic acids is 1. The second kappa shape index (κ2) is 5.33. The van der Waals surface area contributed by atoms with Gasteiger partial charge in [0.15, 0.2) is 0 Å². The number of hydrogen-bond acceptors (Lipinski definition) is 4. The molecule has 0 N–H and O–H groups in total. The number of aromatic nitrogens is 2. The summed E-state index contributed by atoms with van der Waals surface area (Å²) in [6.45, 7) is 4.68. The fraction of sp³-hybridized carbons (Fsp3) is 0.389. The van der Waals surface area contributed by atoms with E-state index in [-0.39, 0.29) is 11.3 Å². The molecule has 1 spiro atoms. The molecule has 5 heteroatoms. The Balaban J connectivity index is 1.56. The summed E-state index contributed by atoms with van der Waals surface area (Å²) in [4.78, 5) is 25.4. The second-order valence-electron chi connectivity index (χ2n) is 6.68. The highest BCUT2D eigenvalue weighted by Gasteiger charge is 2.48. The average Bonchev–Trinajstić information content (AvgIpc) is 3.12. The van der Waals surface area contributed by atoms with Crippen LogP contribution in [-0.4, -0.2) is 35.5 Å². The van der Waals surface area contributed by atoms with Gasteiger partial charge in [0, 0.05) is 49.6 Å². The predicted octanol–water partition coefficient (Wildman–Crippen LogP) is 2.42. The van der Waals surface area contributed by atoms with Crippen molar-refractivity contribution in [3.63, 3.8) is 0 Å². The van der Waals surface area contributed by atoms with Gasteiger partial charge >= 0.3 is 0 Å². The first kappa shape index (κ1) is 14.2. The minimum Gasteiger partial charge on any atom is -0.355 e. The van der Waals surface area contributed by atoms with Crippen molar-refractivity contribution in [2.75, 3.05) is 29.4 Å². The van der Waals surface area contributed by atoms with Crippen molar-refractivity contribution in [1.82, 2.24) is 9.97 Å². The summed E-state index contributed by atoms with van der Waals surface area (Å²) in [5, 5.41) is 0. The van der Waals surface area contributed by atoms with E-state index in [2.05, 4.69) is 27.9 Å². The molecule has 2 fully saturated rings. The summed E-state index contributed by atoms with van der Waals surface area (Å²) in [5.41, 5.74) is 2.24. The van der Waals surface area contributed by atoms with Gasteiger partial charge < -0.3 is 9.80 Å². The number of hydrogen-bond donors (Lipinski definition) is 0. The molecule has 1 aromatic carbocycles. The lowest BCUT2D eigenvalue weighted by atomic mass is 9.86. The van der Waals surface area contributed by atoms with E-state index in [4.69, 9.17) is 0 Å². The topological polar surface area (TPSA) is 49.3 Å². The van der Waals surface area contributed by atoms with Crippen LogP contribution in [0, 0.1) is 12.3 Å². The summed E-state index contributed by atoms with van der Waals surface area (Å²) in [5.74, 6) is 1.14. The molecule has 4 rings (SSSR count). The van der Waals surface area contributed by atoms with Crippen molar-refractivity contribution in [3.05, 3.63) is 48.4 Å². The molecular weight excluding hydrogens is 288 g/mol. The third-order valence-electron chi connectivity index (χ3n) is 5.04. The standard InChI is InChI=1S/C18H20N4O/c1-14-4-2-3-5-15(14)22-13-18(10-17(22)23)6-9-21(12-18)16-11-19-7-8-20-16/h2-5,7-8,11H,6,9-10,12-13H2,1H3/t18-/m0/s1. The Morgan fingerprint density at radius 1 is 1.17 bits per heavy atom. The molecule has 5 nitrogen and oxygen atoms in total. The first-order valence-corrected chi connectivity index (χ1v) is 8.04. The fourth-order valence-corrected chi connectivity index (χ4v) is 3.84. The third-order valence-corrected chi connectivity index (χ3v) is 5.04. The van der Waals surface area contributed by atoms with Gasteiger partial charge in [-0.3, -0.25) is 9.78 Å². The van der Waals surface area contributed by atoms with Crippen LogP contribution >= 0.6 is 0 Å². The van der Waals surface area contributed by atoms with E-state index in [1.54, 1.807) is 18.6 Å². The van der Waals surface area contributed by atoms with Crippen LogP contribution in [0.4, 0.5) is 11.5 Å². The third kappa shape index (κ3) is 2.46. The van der Waals surface area contributed by atoms with E-state index in [1.807, 2.05) is 23.1 Å². The summed E-state index contributed by atoms with van der Waals surface area (Å²) in [6.07, 6.45) is 6.86. The second-order valence-corrected chi connectivity index (χ2v) is 6.68. The van der Waals surface area contributed by atoms with Crippen LogP contribution in [0.2, 0.25) is 0 Å². The zero-order valence-corrected chi connectivity index (χ0v) is 13.3. The zero-order valence-electron chi connectivity index (χ0n) is 13.3. The highest BCUT2D eigenvalue weighted by atomic mass is 16.2. The van der Waals surface area contributed by atoms with Gasteiger partial charge in [0.1, 0.15) is 5.82 Å². The lowest BCUT2D eigenvalue weighted by Gasteiger charge is -2.25. The number of carbonyl (C=O) groups is 1. The monoisotopic (exact) mass is 308 g/mol. The van der Waals surface area contributed by atoms with Crippen molar-refractivity contribution < 1.29 is 4.79 Å². The summed E-state index contributed by atoms with van der Waals surface area (Å²) in [7, 11) is 0. The van der Waals surface area contributed by atoms with E-state index < -0.39 is 0 Å². The molecular formula is C18H20N4O. The van der Waals surface area contributed by atoms with Crippen LogP contribution in [0.25, 0.3) is 0 Å². The Morgan fingerprint density at radius 3 is 2.83 bits per heavy atom. The minimum absolute atomic E-state index is 0.0386. The molecule has 0 saturated carbocycles. The maximum absolute atomic E-state index is 12.6. The van der Waals surface area contributed by atoms with E-state index >= 15 is 0 Å². The van der Waals surface area contributed by atoms with Crippen LogP contribution in [-0.2, 0) is 4.79 Å². The molecule has 1 atom stereocenters. The molecule has 0 aliphatic carbocycles. The van der Waals surface area contributed by atoms with E-state index in [9.17, 15) is 4.79 Å². The average molecular weight is 308 g/mol. The molecule has 2 aromatic rings. The molecule has 2 aliphatic rings. The molecule has 0 unspecified atom stereocenters. The Bertz CT molecular complexity index is 733. The molecule has 23 heavy (non-hydrogen) atoms. The number of nitrogens with zero attached hydrogens (tertiary/aromatic N) is 4. The van der Waals surface area contributed by atoms with Gasteiger partial charge in [0.05, 0.1) is 6.20 Å². The summed E-state index contributed by atoms with van der Waals surface area (Å²) < 4.78 is 0. The molecule has 2 aliphatic heterocycles. The molecule has 0 bridgehead atoms. The zero-order chi connectivity index (χ0) is 15.9. The maximum atomic E-state index is 12.6. The van der Waals surface area contributed by atoms with Gasteiger partial charge in [-0.1, -0.05) is 18.2 Å². The maximum Gasteiger partial charge on any atom is 0.227 e. The van der Waals surface area contributed by atoms with Crippen molar-refractivity contribution in [2.24, 2.45) is 5.41 Å². The number of para-hydroxylation sites is 1. The Morgan fingerprint density at radius 2 is 2.04 bits per heavy atom.